The second-order valence-corrected chi connectivity index (χ2v) is 5.88. The molecular weight excluding hydrogens is 328 g/mol. The normalized spacial score (nSPS) is 10.3. The molecular formula is C20H22N4O2. The molecule has 1 aromatic heterocycles. The summed E-state index contributed by atoms with van der Waals surface area (Å²) in [6.07, 6.45) is 1.70. The van der Waals surface area contributed by atoms with Crippen molar-refractivity contribution in [2.45, 2.75) is 13.8 Å². The number of nitrogens with zero attached hydrogens (tertiary/aromatic N) is 2. The molecule has 3 aromatic rings. The first-order valence-electron chi connectivity index (χ1n) is 8.25. The van der Waals surface area contributed by atoms with E-state index in [1.165, 1.54) is 11.1 Å². The molecule has 134 valence electrons. The highest BCUT2D eigenvalue weighted by Gasteiger charge is 2.08. The van der Waals surface area contributed by atoms with E-state index >= 15 is 0 Å². The molecule has 1 heterocycles. The van der Waals surface area contributed by atoms with Crippen molar-refractivity contribution in [2.75, 3.05) is 24.9 Å². The lowest BCUT2D eigenvalue weighted by atomic mass is 10.1. The Morgan fingerprint density at radius 2 is 1.69 bits per heavy atom. The third kappa shape index (κ3) is 4.03. The minimum absolute atomic E-state index is 0.474. The summed E-state index contributed by atoms with van der Waals surface area (Å²) >= 11 is 0. The van der Waals surface area contributed by atoms with Gasteiger partial charge in [-0.05, 0) is 55.3 Å². The Labute approximate surface area is 153 Å². The van der Waals surface area contributed by atoms with Crippen molar-refractivity contribution in [3.63, 3.8) is 0 Å². The summed E-state index contributed by atoms with van der Waals surface area (Å²) in [6, 6.07) is 13.6. The number of rotatable bonds is 6. The van der Waals surface area contributed by atoms with E-state index in [9.17, 15) is 0 Å². The van der Waals surface area contributed by atoms with E-state index in [4.69, 9.17) is 9.47 Å². The van der Waals surface area contributed by atoms with Gasteiger partial charge in [-0.25, -0.2) is 4.98 Å². The standard InChI is InChI=1S/C20H22N4O2/c1-13-5-6-15(11-14(13)2)22-19-9-10-21-20(24-19)23-17-8-7-16(25-3)12-18(17)26-4/h5-12H,1-4H3,(H2,21,22,23,24). The van der Waals surface area contributed by atoms with E-state index in [2.05, 4.69) is 46.6 Å². The van der Waals surface area contributed by atoms with Crippen LogP contribution in [-0.2, 0) is 0 Å². The van der Waals surface area contributed by atoms with Gasteiger partial charge in [-0.1, -0.05) is 6.07 Å². The van der Waals surface area contributed by atoms with Crippen LogP contribution in [0.25, 0.3) is 0 Å². The molecule has 0 amide bonds. The average molecular weight is 350 g/mol. The van der Waals surface area contributed by atoms with Gasteiger partial charge in [0, 0.05) is 18.0 Å². The second kappa shape index (κ2) is 7.74. The molecule has 2 aromatic carbocycles. The van der Waals surface area contributed by atoms with Crippen molar-refractivity contribution in [1.29, 1.82) is 0 Å². The van der Waals surface area contributed by atoms with E-state index in [0.29, 0.717) is 17.5 Å². The zero-order valence-corrected chi connectivity index (χ0v) is 15.3. The fourth-order valence-electron chi connectivity index (χ4n) is 2.48. The molecule has 0 radical (unpaired) electrons. The molecule has 0 saturated heterocycles. The number of ether oxygens (including phenoxy) is 2. The molecule has 0 fully saturated rings. The van der Waals surface area contributed by atoms with Crippen molar-refractivity contribution in [1.82, 2.24) is 9.97 Å². The maximum Gasteiger partial charge on any atom is 0.229 e. The van der Waals surface area contributed by atoms with Crippen molar-refractivity contribution < 1.29 is 9.47 Å². The summed E-state index contributed by atoms with van der Waals surface area (Å²) in [5.74, 6) is 2.56. The molecule has 0 aliphatic rings. The van der Waals surface area contributed by atoms with Gasteiger partial charge in [0.1, 0.15) is 17.3 Å². The van der Waals surface area contributed by atoms with Crippen molar-refractivity contribution >= 4 is 23.1 Å². The van der Waals surface area contributed by atoms with Gasteiger partial charge in [-0.3, -0.25) is 0 Å². The minimum Gasteiger partial charge on any atom is -0.497 e. The number of anilines is 4. The number of nitrogens with one attached hydrogen (secondary N) is 2. The largest absolute Gasteiger partial charge is 0.497 e. The van der Waals surface area contributed by atoms with Gasteiger partial charge >= 0.3 is 0 Å². The Morgan fingerprint density at radius 1 is 0.846 bits per heavy atom. The fourth-order valence-corrected chi connectivity index (χ4v) is 2.48. The van der Waals surface area contributed by atoms with E-state index in [-0.39, 0.29) is 0 Å². The van der Waals surface area contributed by atoms with Crippen LogP contribution in [-0.4, -0.2) is 24.2 Å². The zero-order chi connectivity index (χ0) is 18.5. The Bertz CT molecular complexity index is 912. The number of methoxy groups -OCH3 is 2. The van der Waals surface area contributed by atoms with Gasteiger partial charge in [0.05, 0.1) is 19.9 Å². The predicted octanol–water partition coefficient (Wildman–Crippen LogP) is 4.60. The SMILES string of the molecule is COc1ccc(Nc2nccc(Nc3ccc(C)c(C)c3)n2)c(OC)c1. The maximum absolute atomic E-state index is 5.40. The molecule has 0 bridgehead atoms. The van der Waals surface area contributed by atoms with Gasteiger partial charge in [-0.15, -0.1) is 0 Å². The molecule has 0 atom stereocenters. The van der Waals surface area contributed by atoms with Crippen LogP contribution in [0.4, 0.5) is 23.1 Å². The highest BCUT2D eigenvalue weighted by atomic mass is 16.5. The van der Waals surface area contributed by atoms with E-state index in [0.717, 1.165) is 17.1 Å². The third-order valence-corrected chi connectivity index (χ3v) is 4.09. The molecule has 0 spiro atoms. The quantitative estimate of drug-likeness (QED) is 0.677. The van der Waals surface area contributed by atoms with Crippen molar-refractivity contribution in [2.24, 2.45) is 0 Å². The molecule has 6 heteroatoms. The van der Waals surface area contributed by atoms with Gasteiger partial charge in [0.25, 0.3) is 0 Å². The maximum atomic E-state index is 5.40. The van der Waals surface area contributed by atoms with Crippen LogP contribution in [0.3, 0.4) is 0 Å². The van der Waals surface area contributed by atoms with E-state index in [1.54, 1.807) is 26.5 Å². The highest BCUT2D eigenvalue weighted by molar-refractivity contribution is 5.65. The van der Waals surface area contributed by atoms with E-state index < -0.39 is 0 Å². The number of aryl methyl sites for hydroxylation is 2. The molecule has 2 N–H and O–H groups in total. The van der Waals surface area contributed by atoms with Crippen LogP contribution < -0.4 is 20.1 Å². The molecule has 0 aliphatic carbocycles. The first kappa shape index (κ1) is 17.5. The van der Waals surface area contributed by atoms with Gasteiger partial charge < -0.3 is 20.1 Å². The molecule has 26 heavy (non-hydrogen) atoms. The molecule has 0 unspecified atom stereocenters. The molecule has 6 nitrogen and oxygen atoms in total. The first-order valence-corrected chi connectivity index (χ1v) is 8.25. The monoisotopic (exact) mass is 350 g/mol. The fraction of sp³-hybridized carbons (Fsp3) is 0.200. The summed E-state index contributed by atoms with van der Waals surface area (Å²) in [5, 5.41) is 6.48. The Hall–Kier alpha value is -3.28. The number of benzene rings is 2. The second-order valence-electron chi connectivity index (χ2n) is 5.88. The molecule has 3 rings (SSSR count). The van der Waals surface area contributed by atoms with Gasteiger partial charge in [0.2, 0.25) is 5.95 Å². The Kier molecular flexibility index (Phi) is 5.22. The van der Waals surface area contributed by atoms with Crippen molar-refractivity contribution in [3.05, 3.63) is 59.8 Å². The molecule has 0 saturated carbocycles. The average Bonchev–Trinajstić information content (AvgIpc) is 2.65. The predicted molar refractivity (Wildman–Crippen MR) is 104 cm³/mol. The van der Waals surface area contributed by atoms with Crippen LogP contribution >= 0.6 is 0 Å². The van der Waals surface area contributed by atoms with Gasteiger partial charge in [-0.2, -0.15) is 4.98 Å². The Morgan fingerprint density at radius 3 is 2.42 bits per heavy atom. The number of hydrogen-bond acceptors (Lipinski definition) is 6. The van der Waals surface area contributed by atoms with E-state index in [1.807, 2.05) is 24.3 Å². The summed E-state index contributed by atoms with van der Waals surface area (Å²) < 4.78 is 10.6. The summed E-state index contributed by atoms with van der Waals surface area (Å²) in [5.41, 5.74) is 4.23. The number of hydrogen-bond donors (Lipinski definition) is 2. The first-order chi connectivity index (χ1) is 12.6. The van der Waals surface area contributed by atoms with Gasteiger partial charge in [0.15, 0.2) is 0 Å². The highest BCUT2D eigenvalue weighted by Crippen LogP contribution is 2.30. The lowest BCUT2D eigenvalue weighted by Crippen LogP contribution is -2.02. The summed E-state index contributed by atoms with van der Waals surface area (Å²) in [4.78, 5) is 8.79. The smallest absolute Gasteiger partial charge is 0.229 e. The lowest BCUT2D eigenvalue weighted by Gasteiger charge is -2.12. The van der Waals surface area contributed by atoms with Crippen LogP contribution in [0.1, 0.15) is 11.1 Å². The summed E-state index contributed by atoms with van der Waals surface area (Å²) in [7, 11) is 3.23. The molecule has 0 aliphatic heterocycles. The summed E-state index contributed by atoms with van der Waals surface area (Å²) in [6.45, 7) is 4.18. The lowest BCUT2D eigenvalue weighted by molar-refractivity contribution is 0.395. The van der Waals surface area contributed by atoms with Crippen molar-refractivity contribution in [3.8, 4) is 11.5 Å². The zero-order valence-electron chi connectivity index (χ0n) is 15.3. The number of aromatic nitrogens is 2. The minimum atomic E-state index is 0.474. The Balaban J connectivity index is 1.80. The van der Waals surface area contributed by atoms with Crippen LogP contribution in [0, 0.1) is 13.8 Å². The topological polar surface area (TPSA) is 68.3 Å². The third-order valence-electron chi connectivity index (χ3n) is 4.09. The van der Waals surface area contributed by atoms with Crippen LogP contribution in [0.15, 0.2) is 48.7 Å². The van der Waals surface area contributed by atoms with Crippen LogP contribution in [0.2, 0.25) is 0 Å². The van der Waals surface area contributed by atoms with Crippen LogP contribution in [0.5, 0.6) is 11.5 Å².